The van der Waals surface area contributed by atoms with Crippen LogP contribution in [0, 0.1) is 0 Å². The van der Waals surface area contributed by atoms with Crippen molar-refractivity contribution in [2.45, 2.75) is 5.33 Å². The first-order valence-electron chi connectivity index (χ1n) is 3.51. The maximum atomic E-state index is 11.2. The van der Waals surface area contributed by atoms with Gasteiger partial charge in [-0.25, -0.2) is 4.79 Å². The molecule has 1 aromatic carbocycles. The second kappa shape index (κ2) is 4.26. The quantitative estimate of drug-likeness (QED) is 0.443. The van der Waals surface area contributed by atoms with Crippen LogP contribution in [0.15, 0.2) is 24.3 Å². The smallest absolute Gasteiger partial charge is 0.338 e. The first-order chi connectivity index (χ1) is 5.79. The molecule has 0 spiro atoms. The van der Waals surface area contributed by atoms with Crippen LogP contribution in [0.25, 0.3) is 0 Å². The van der Waals surface area contributed by atoms with Crippen molar-refractivity contribution in [3.8, 4) is 0 Å². The van der Waals surface area contributed by atoms with Gasteiger partial charge in [0.2, 0.25) is 0 Å². The molecule has 0 aliphatic carbocycles. The Morgan fingerprint density at radius 1 is 1.50 bits per heavy atom. The van der Waals surface area contributed by atoms with Gasteiger partial charge in [-0.2, -0.15) is 0 Å². The zero-order chi connectivity index (χ0) is 8.97. The number of halogens is 1. The van der Waals surface area contributed by atoms with Gasteiger partial charge in [0, 0.05) is 5.33 Å². The molecule has 0 atom stereocenters. The van der Waals surface area contributed by atoms with E-state index < -0.39 is 0 Å². The Hall–Kier alpha value is -0.830. The summed E-state index contributed by atoms with van der Waals surface area (Å²) in [4.78, 5) is 11.2. The minimum Gasteiger partial charge on any atom is -0.465 e. The first kappa shape index (κ1) is 9.26. The van der Waals surface area contributed by atoms with E-state index >= 15 is 0 Å². The molecule has 0 saturated heterocycles. The van der Waals surface area contributed by atoms with Crippen LogP contribution in [-0.4, -0.2) is 13.1 Å². The Morgan fingerprint density at radius 3 is 2.75 bits per heavy atom. The minimum absolute atomic E-state index is 0.287. The number of ether oxygens (including phenoxy) is 1. The molecule has 0 amide bonds. The van der Waals surface area contributed by atoms with Crippen molar-refractivity contribution in [1.29, 1.82) is 0 Å². The van der Waals surface area contributed by atoms with Crippen LogP contribution in [0.5, 0.6) is 0 Å². The molecule has 64 valence electrons. The molecular formula is C9H9BrO2. The molecule has 2 nitrogen and oxygen atoms in total. The van der Waals surface area contributed by atoms with E-state index in [-0.39, 0.29) is 5.97 Å². The van der Waals surface area contributed by atoms with Crippen molar-refractivity contribution >= 4 is 21.9 Å². The Kier molecular flexibility index (Phi) is 3.29. The van der Waals surface area contributed by atoms with Crippen LogP contribution in [0.2, 0.25) is 0 Å². The maximum absolute atomic E-state index is 11.2. The molecule has 3 heteroatoms. The topological polar surface area (TPSA) is 26.3 Å². The summed E-state index contributed by atoms with van der Waals surface area (Å²) in [6.45, 7) is 0. The van der Waals surface area contributed by atoms with E-state index in [9.17, 15) is 4.79 Å². The summed E-state index contributed by atoms with van der Waals surface area (Å²) in [6.07, 6.45) is 0. The number of hydrogen-bond donors (Lipinski definition) is 0. The highest BCUT2D eigenvalue weighted by Gasteiger charge is 2.08. The van der Waals surface area contributed by atoms with Gasteiger partial charge in [0.25, 0.3) is 0 Å². The molecule has 12 heavy (non-hydrogen) atoms. The molecule has 0 aliphatic rings. The van der Waals surface area contributed by atoms with Gasteiger partial charge in [-0.15, -0.1) is 0 Å². The van der Waals surface area contributed by atoms with Gasteiger partial charge < -0.3 is 4.74 Å². The molecule has 0 bridgehead atoms. The molecule has 0 aliphatic heterocycles. The number of rotatable bonds is 2. The van der Waals surface area contributed by atoms with Gasteiger partial charge in [-0.05, 0) is 11.6 Å². The molecule has 0 heterocycles. The SMILES string of the molecule is COC(=[18O])c1ccccc1CBr. The summed E-state index contributed by atoms with van der Waals surface area (Å²) in [7, 11) is 1.38. The van der Waals surface area contributed by atoms with E-state index in [1.54, 1.807) is 6.07 Å². The summed E-state index contributed by atoms with van der Waals surface area (Å²) in [6, 6.07) is 7.35. The van der Waals surface area contributed by atoms with Crippen molar-refractivity contribution in [3.05, 3.63) is 35.4 Å². The third-order valence-electron chi connectivity index (χ3n) is 1.57. The standard InChI is InChI=1S/C9H9BrO2/c1-12-9(11)8-5-3-2-4-7(8)6-10/h2-5H,6H2,1H3/i11+2. The lowest BCUT2D eigenvalue weighted by atomic mass is 10.1. The van der Waals surface area contributed by atoms with Gasteiger partial charge in [0.15, 0.2) is 0 Å². The largest absolute Gasteiger partial charge is 0.465 e. The van der Waals surface area contributed by atoms with Crippen LogP contribution < -0.4 is 0 Å². The van der Waals surface area contributed by atoms with E-state index in [1.165, 1.54) is 7.11 Å². The lowest BCUT2D eigenvalue weighted by Crippen LogP contribution is -2.04. The van der Waals surface area contributed by atoms with E-state index in [0.29, 0.717) is 10.9 Å². The highest BCUT2D eigenvalue weighted by Crippen LogP contribution is 2.12. The van der Waals surface area contributed by atoms with Crippen LogP contribution in [0.1, 0.15) is 15.9 Å². The number of carbonyl (C=O) groups is 1. The van der Waals surface area contributed by atoms with Gasteiger partial charge >= 0.3 is 5.97 Å². The van der Waals surface area contributed by atoms with Crippen LogP contribution in [0.4, 0.5) is 0 Å². The number of hydrogen-bond acceptors (Lipinski definition) is 2. The summed E-state index contributed by atoms with van der Waals surface area (Å²) >= 11 is 3.30. The van der Waals surface area contributed by atoms with Crippen LogP contribution >= 0.6 is 15.9 Å². The Labute approximate surface area is 79.7 Å². The second-order valence-corrected chi connectivity index (χ2v) is 2.84. The molecule has 0 saturated carbocycles. The molecule has 0 unspecified atom stereocenters. The van der Waals surface area contributed by atoms with E-state index in [0.717, 1.165) is 5.56 Å². The number of esters is 1. The monoisotopic (exact) mass is 230 g/mol. The highest BCUT2D eigenvalue weighted by molar-refractivity contribution is 9.08. The number of benzene rings is 1. The van der Waals surface area contributed by atoms with E-state index in [4.69, 9.17) is 0 Å². The van der Waals surface area contributed by atoms with Gasteiger partial charge in [0.05, 0.1) is 12.7 Å². The Balaban J connectivity index is 3.04. The van der Waals surface area contributed by atoms with Gasteiger partial charge in [-0.3, -0.25) is 0 Å². The summed E-state index contributed by atoms with van der Waals surface area (Å²) in [5, 5.41) is 0.665. The van der Waals surface area contributed by atoms with Crippen molar-refractivity contribution < 1.29 is 9.53 Å². The molecule has 0 N–H and O–H groups in total. The summed E-state index contributed by atoms with van der Waals surface area (Å²) in [5.41, 5.74) is 1.57. The van der Waals surface area contributed by atoms with Crippen molar-refractivity contribution in [1.82, 2.24) is 0 Å². The second-order valence-electron chi connectivity index (χ2n) is 2.28. The zero-order valence-corrected chi connectivity index (χ0v) is 8.30. The zero-order valence-electron chi connectivity index (χ0n) is 6.71. The van der Waals surface area contributed by atoms with E-state index in [2.05, 4.69) is 20.7 Å². The number of alkyl halides is 1. The first-order valence-corrected chi connectivity index (χ1v) is 4.64. The normalized spacial score (nSPS) is 9.50. The average molecular weight is 231 g/mol. The summed E-state index contributed by atoms with van der Waals surface area (Å²) in [5.74, 6) is -0.287. The molecule has 1 aromatic rings. The average Bonchev–Trinajstić information content (AvgIpc) is 2.16. The van der Waals surface area contributed by atoms with Crippen LogP contribution in [-0.2, 0) is 10.1 Å². The molecule has 0 aromatic heterocycles. The fourth-order valence-electron chi connectivity index (χ4n) is 0.946. The lowest BCUT2D eigenvalue weighted by Gasteiger charge is -2.03. The molecule has 0 fully saturated rings. The van der Waals surface area contributed by atoms with Gasteiger partial charge in [-0.1, -0.05) is 34.1 Å². The van der Waals surface area contributed by atoms with Crippen LogP contribution in [0.3, 0.4) is 0 Å². The number of carbonyl (C=O) groups excluding carboxylic acids is 1. The third kappa shape index (κ3) is 1.85. The van der Waals surface area contributed by atoms with Crippen molar-refractivity contribution in [2.24, 2.45) is 0 Å². The lowest BCUT2D eigenvalue weighted by molar-refractivity contribution is 0.0600. The van der Waals surface area contributed by atoms with E-state index in [1.807, 2.05) is 18.2 Å². The fraction of sp³-hybridized carbons (Fsp3) is 0.222. The van der Waals surface area contributed by atoms with Crippen molar-refractivity contribution in [2.75, 3.05) is 7.11 Å². The fourth-order valence-corrected chi connectivity index (χ4v) is 1.43. The molecule has 0 radical (unpaired) electrons. The predicted molar refractivity (Wildman–Crippen MR) is 50.4 cm³/mol. The minimum atomic E-state index is -0.287. The predicted octanol–water partition coefficient (Wildman–Crippen LogP) is 2.37. The highest BCUT2D eigenvalue weighted by atomic mass is 79.9. The van der Waals surface area contributed by atoms with Gasteiger partial charge in [0.1, 0.15) is 0 Å². The third-order valence-corrected chi connectivity index (χ3v) is 2.17. The molecular weight excluding hydrogens is 222 g/mol. The maximum Gasteiger partial charge on any atom is 0.338 e. The Morgan fingerprint density at radius 2 is 2.17 bits per heavy atom. The molecule has 1 rings (SSSR count). The van der Waals surface area contributed by atoms with Crippen molar-refractivity contribution in [3.63, 3.8) is 0 Å². The number of methoxy groups -OCH3 is 1. The summed E-state index contributed by atoms with van der Waals surface area (Å²) < 4.78 is 4.62. The Bertz CT molecular complexity index is 284.